The van der Waals surface area contributed by atoms with Crippen molar-refractivity contribution in [2.24, 2.45) is 0 Å². The molecule has 1 aromatic heterocycles. The molecule has 0 spiro atoms. The van der Waals surface area contributed by atoms with Gasteiger partial charge in [-0.2, -0.15) is 0 Å². The van der Waals surface area contributed by atoms with Gasteiger partial charge in [-0.05, 0) is 46.1 Å². The molecule has 0 aliphatic carbocycles. The van der Waals surface area contributed by atoms with Gasteiger partial charge in [-0.25, -0.2) is 0 Å². The van der Waals surface area contributed by atoms with E-state index < -0.39 is 0 Å². The summed E-state index contributed by atoms with van der Waals surface area (Å²) in [5, 5.41) is 0. The van der Waals surface area contributed by atoms with Gasteiger partial charge in [0.2, 0.25) is 0 Å². The van der Waals surface area contributed by atoms with Crippen LogP contribution in [0.15, 0.2) is 6.07 Å². The molecule has 0 bridgehead atoms. The van der Waals surface area contributed by atoms with Crippen LogP contribution in [0, 0.1) is 6.92 Å². The van der Waals surface area contributed by atoms with E-state index in [1.165, 1.54) is 17.8 Å². The molecule has 1 fully saturated rings. The average Bonchev–Trinajstić information content (AvgIpc) is 2.59. The van der Waals surface area contributed by atoms with E-state index in [2.05, 4.69) is 13.8 Å². The van der Waals surface area contributed by atoms with Crippen LogP contribution in [0.25, 0.3) is 0 Å². The highest BCUT2D eigenvalue weighted by Gasteiger charge is 2.30. The fraction of sp³-hybridized carbons (Fsp3) is 0.615. The molecule has 1 aliphatic heterocycles. The number of anilines is 1. The van der Waals surface area contributed by atoms with Gasteiger partial charge < -0.3 is 10.6 Å². The Hall–Kier alpha value is -1.03. The summed E-state index contributed by atoms with van der Waals surface area (Å²) in [6.07, 6.45) is 3.43. The molecule has 1 amide bonds. The number of thiophene rings is 1. The normalized spacial score (nSPS) is 25.0. The number of amides is 1. The van der Waals surface area contributed by atoms with Crippen molar-refractivity contribution in [1.29, 1.82) is 0 Å². The summed E-state index contributed by atoms with van der Waals surface area (Å²) in [5.41, 5.74) is 6.55. The molecule has 1 saturated heterocycles. The highest BCUT2D eigenvalue weighted by Crippen LogP contribution is 2.29. The van der Waals surface area contributed by atoms with Gasteiger partial charge >= 0.3 is 0 Å². The quantitative estimate of drug-likeness (QED) is 0.835. The van der Waals surface area contributed by atoms with Gasteiger partial charge in [0.05, 0.1) is 4.88 Å². The molecule has 1 aromatic rings. The monoisotopic (exact) mass is 252 g/mol. The number of nitrogens with two attached hydrogens (primary N) is 1. The fourth-order valence-electron chi connectivity index (χ4n) is 2.55. The first-order chi connectivity index (χ1) is 8.00. The Bertz CT molecular complexity index is 398. The number of hydrogen-bond acceptors (Lipinski definition) is 3. The number of nitrogen functional groups attached to an aromatic ring is 1. The van der Waals surface area contributed by atoms with Crippen LogP contribution in [0.1, 0.15) is 47.7 Å². The lowest BCUT2D eigenvalue weighted by Crippen LogP contribution is -2.47. The van der Waals surface area contributed by atoms with E-state index in [-0.39, 0.29) is 5.91 Å². The van der Waals surface area contributed by atoms with Crippen molar-refractivity contribution in [2.75, 3.05) is 5.73 Å². The Morgan fingerprint density at radius 1 is 1.41 bits per heavy atom. The molecular formula is C13H20N2OS. The minimum atomic E-state index is 0.148. The van der Waals surface area contributed by atoms with Crippen molar-refractivity contribution in [3.8, 4) is 0 Å². The minimum Gasteiger partial charge on any atom is -0.398 e. The molecule has 2 heterocycles. The fourth-order valence-corrected chi connectivity index (χ4v) is 3.44. The summed E-state index contributed by atoms with van der Waals surface area (Å²) in [6.45, 7) is 6.23. The van der Waals surface area contributed by atoms with Crippen LogP contribution in [0.3, 0.4) is 0 Å². The van der Waals surface area contributed by atoms with Gasteiger partial charge in [-0.15, -0.1) is 11.3 Å². The van der Waals surface area contributed by atoms with Gasteiger partial charge in [0.1, 0.15) is 0 Å². The first-order valence-corrected chi connectivity index (χ1v) is 7.01. The van der Waals surface area contributed by atoms with Crippen LogP contribution in [0.4, 0.5) is 5.69 Å². The third-order valence-electron chi connectivity index (χ3n) is 3.59. The standard InChI is InChI=1S/C13H20N2OS/c1-8-5-4-6-9(2)15(8)13(16)12-7-11(14)10(3)17-12/h7-9H,4-6,14H2,1-3H3/t8-,9+. The second-order valence-corrected chi connectivity index (χ2v) is 6.22. The van der Waals surface area contributed by atoms with Crippen LogP contribution < -0.4 is 5.73 Å². The Kier molecular flexibility index (Phi) is 3.43. The highest BCUT2D eigenvalue weighted by atomic mass is 32.1. The van der Waals surface area contributed by atoms with E-state index in [4.69, 9.17) is 5.73 Å². The Morgan fingerprint density at radius 2 is 2.00 bits per heavy atom. The van der Waals surface area contributed by atoms with Crippen molar-refractivity contribution in [3.05, 3.63) is 15.8 Å². The van der Waals surface area contributed by atoms with Crippen LogP contribution in [-0.2, 0) is 0 Å². The molecule has 0 radical (unpaired) electrons. The van der Waals surface area contributed by atoms with Crippen molar-refractivity contribution >= 4 is 22.9 Å². The molecule has 0 saturated carbocycles. The zero-order chi connectivity index (χ0) is 12.6. The number of hydrogen-bond donors (Lipinski definition) is 1. The number of carbonyl (C=O) groups excluding carboxylic acids is 1. The molecule has 2 rings (SSSR count). The van der Waals surface area contributed by atoms with E-state index in [0.717, 1.165) is 28.3 Å². The Balaban J connectivity index is 2.23. The zero-order valence-corrected chi connectivity index (χ0v) is 11.5. The minimum absolute atomic E-state index is 0.148. The topological polar surface area (TPSA) is 46.3 Å². The SMILES string of the molecule is Cc1sc(C(=O)N2[C@H](C)CCC[C@@H]2C)cc1N. The van der Waals surface area contributed by atoms with Crippen molar-refractivity contribution in [1.82, 2.24) is 4.90 Å². The number of likely N-dealkylation sites (tertiary alicyclic amines) is 1. The van der Waals surface area contributed by atoms with Crippen molar-refractivity contribution < 1.29 is 4.79 Å². The lowest BCUT2D eigenvalue weighted by Gasteiger charge is -2.38. The maximum absolute atomic E-state index is 12.5. The lowest BCUT2D eigenvalue weighted by atomic mass is 9.97. The lowest BCUT2D eigenvalue weighted by molar-refractivity contribution is 0.0516. The average molecular weight is 252 g/mol. The number of nitrogens with zero attached hydrogens (tertiary/aromatic N) is 1. The van der Waals surface area contributed by atoms with Crippen molar-refractivity contribution in [2.45, 2.75) is 52.1 Å². The second-order valence-electron chi connectivity index (χ2n) is 4.96. The van der Waals surface area contributed by atoms with Gasteiger partial charge in [0.25, 0.3) is 5.91 Å². The summed E-state index contributed by atoms with van der Waals surface area (Å²) >= 11 is 1.50. The third kappa shape index (κ3) is 2.32. The summed E-state index contributed by atoms with van der Waals surface area (Å²) in [6, 6.07) is 2.50. The first kappa shape index (κ1) is 12.4. The van der Waals surface area contributed by atoms with Gasteiger partial charge in [-0.3, -0.25) is 4.79 Å². The van der Waals surface area contributed by atoms with E-state index in [1.54, 1.807) is 0 Å². The molecular weight excluding hydrogens is 232 g/mol. The van der Waals surface area contributed by atoms with E-state index in [9.17, 15) is 4.79 Å². The number of rotatable bonds is 1. The molecule has 4 heteroatoms. The van der Waals surface area contributed by atoms with Gasteiger partial charge in [0, 0.05) is 22.6 Å². The molecule has 2 atom stereocenters. The number of piperidine rings is 1. The van der Waals surface area contributed by atoms with Gasteiger partial charge in [0.15, 0.2) is 0 Å². The Labute approximate surface area is 107 Å². The predicted octanol–water partition coefficient (Wildman–Crippen LogP) is 3.04. The van der Waals surface area contributed by atoms with E-state index >= 15 is 0 Å². The number of aryl methyl sites for hydroxylation is 1. The number of carbonyl (C=O) groups is 1. The third-order valence-corrected chi connectivity index (χ3v) is 4.65. The molecule has 0 unspecified atom stereocenters. The van der Waals surface area contributed by atoms with Crippen LogP contribution >= 0.6 is 11.3 Å². The summed E-state index contributed by atoms with van der Waals surface area (Å²) < 4.78 is 0. The molecule has 3 nitrogen and oxygen atoms in total. The first-order valence-electron chi connectivity index (χ1n) is 6.19. The Morgan fingerprint density at radius 3 is 2.47 bits per heavy atom. The van der Waals surface area contributed by atoms with Crippen molar-refractivity contribution in [3.63, 3.8) is 0 Å². The van der Waals surface area contributed by atoms with Crippen LogP contribution in [0.2, 0.25) is 0 Å². The van der Waals surface area contributed by atoms with Crippen LogP contribution in [0.5, 0.6) is 0 Å². The maximum atomic E-state index is 12.5. The maximum Gasteiger partial charge on any atom is 0.264 e. The van der Waals surface area contributed by atoms with Gasteiger partial charge in [-0.1, -0.05) is 0 Å². The molecule has 1 aliphatic rings. The molecule has 94 valence electrons. The van der Waals surface area contributed by atoms with E-state index in [0.29, 0.717) is 12.1 Å². The van der Waals surface area contributed by atoms with Crippen LogP contribution in [-0.4, -0.2) is 22.9 Å². The highest BCUT2D eigenvalue weighted by molar-refractivity contribution is 7.14. The molecule has 2 N–H and O–H groups in total. The smallest absolute Gasteiger partial charge is 0.264 e. The molecule has 17 heavy (non-hydrogen) atoms. The van der Waals surface area contributed by atoms with E-state index in [1.807, 2.05) is 17.9 Å². The second kappa shape index (κ2) is 4.69. The summed E-state index contributed by atoms with van der Waals surface area (Å²) in [4.78, 5) is 16.3. The zero-order valence-electron chi connectivity index (χ0n) is 10.7. The molecule has 0 aromatic carbocycles. The predicted molar refractivity (Wildman–Crippen MR) is 72.4 cm³/mol. The summed E-state index contributed by atoms with van der Waals surface area (Å²) in [7, 11) is 0. The summed E-state index contributed by atoms with van der Waals surface area (Å²) in [5.74, 6) is 0.148. The largest absolute Gasteiger partial charge is 0.398 e.